The molecule has 0 spiro atoms. The predicted molar refractivity (Wildman–Crippen MR) is 72.7 cm³/mol. The molecule has 0 amide bonds. The van der Waals surface area contributed by atoms with Crippen LogP contribution in [0.3, 0.4) is 0 Å². The quantitative estimate of drug-likeness (QED) is 0.892. The largest absolute Gasteiger partial charge is 0.491 e. The second kappa shape index (κ2) is 5.29. The van der Waals surface area contributed by atoms with E-state index < -0.39 is 0 Å². The Hall–Kier alpha value is -1.06. The minimum atomic E-state index is -0.240. The normalized spacial score (nSPS) is 25.4. The SMILES string of the molecule is CC(C)Oc1cccc(C(N)C2(C)CCCO2)c1. The minimum absolute atomic E-state index is 0.101. The topological polar surface area (TPSA) is 44.5 Å². The summed E-state index contributed by atoms with van der Waals surface area (Å²) in [5.41, 5.74) is 7.20. The lowest BCUT2D eigenvalue weighted by Crippen LogP contribution is -2.37. The summed E-state index contributed by atoms with van der Waals surface area (Å²) >= 11 is 0. The summed E-state index contributed by atoms with van der Waals surface area (Å²) in [6.07, 6.45) is 2.28. The lowest BCUT2D eigenvalue weighted by molar-refractivity contribution is -0.00178. The van der Waals surface area contributed by atoms with Crippen molar-refractivity contribution in [2.24, 2.45) is 5.73 Å². The van der Waals surface area contributed by atoms with Crippen LogP contribution in [0.1, 0.15) is 45.2 Å². The molecule has 0 saturated carbocycles. The third-order valence-corrected chi connectivity index (χ3v) is 3.50. The summed E-state index contributed by atoms with van der Waals surface area (Å²) in [5, 5.41) is 0. The zero-order valence-corrected chi connectivity index (χ0v) is 11.5. The van der Waals surface area contributed by atoms with Crippen molar-refractivity contribution >= 4 is 0 Å². The highest BCUT2D eigenvalue weighted by atomic mass is 16.5. The van der Waals surface area contributed by atoms with Crippen molar-refractivity contribution in [1.29, 1.82) is 0 Å². The molecular formula is C15H23NO2. The molecule has 1 aliphatic heterocycles. The highest BCUT2D eigenvalue weighted by Gasteiger charge is 2.37. The molecular weight excluding hydrogens is 226 g/mol. The van der Waals surface area contributed by atoms with Gasteiger partial charge in [0.05, 0.1) is 17.7 Å². The molecule has 3 nitrogen and oxygen atoms in total. The molecule has 1 saturated heterocycles. The van der Waals surface area contributed by atoms with Gasteiger partial charge in [0.15, 0.2) is 0 Å². The van der Waals surface area contributed by atoms with E-state index in [1.54, 1.807) is 0 Å². The molecule has 0 radical (unpaired) electrons. The molecule has 1 heterocycles. The van der Waals surface area contributed by atoms with Gasteiger partial charge in [0, 0.05) is 6.61 Å². The van der Waals surface area contributed by atoms with Gasteiger partial charge in [-0.05, 0) is 51.3 Å². The Kier molecular flexibility index (Phi) is 3.93. The van der Waals surface area contributed by atoms with Crippen molar-refractivity contribution in [2.75, 3.05) is 6.61 Å². The lowest BCUT2D eigenvalue weighted by Gasteiger charge is -2.31. The number of benzene rings is 1. The summed E-state index contributed by atoms with van der Waals surface area (Å²) in [7, 11) is 0. The van der Waals surface area contributed by atoms with E-state index in [2.05, 4.69) is 6.92 Å². The molecule has 100 valence electrons. The molecule has 0 aliphatic carbocycles. The zero-order chi connectivity index (χ0) is 13.2. The average Bonchev–Trinajstić information content (AvgIpc) is 2.76. The van der Waals surface area contributed by atoms with Crippen LogP contribution in [0.4, 0.5) is 0 Å². The van der Waals surface area contributed by atoms with E-state index in [-0.39, 0.29) is 17.7 Å². The highest BCUT2D eigenvalue weighted by Crippen LogP contribution is 2.36. The molecule has 1 aromatic rings. The van der Waals surface area contributed by atoms with Crippen LogP contribution in [0.15, 0.2) is 24.3 Å². The van der Waals surface area contributed by atoms with E-state index >= 15 is 0 Å². The maximum absolute atomic E-state index is 6.35. The van der Waals surface area contributed by atoms with Gasteiger partial charge in [0.2, 0.25) is 0 Å². The molecule has 0 bridgehead atoms. The fourth-order valence-corrected chi connectivity index (χ4v) is 2.45. The number of hydrogen-bond donors (Lipinski definition) is 1. The van der Waals surface area contributed by atoms with Crippen LogP contribution in [0.25, 0.3) is 0 Å². The maximum atomic E-state index is 6.35. The lowest BCUT2D eigenvalue weighted by atomic mass is 9.88. The summed E-state index contributed by atoms with van der Waals surface area (Å²) in [4.78, 5) is 0. The van der Waals surface area contributed by atoms with Crippen molar-refractivity contribution < 1.29 is 9.47 Å². The van der Waals surface area contributed by atoms with Gasteiger partial charge in [0.1, 0.15) is 5.75 Å². The van der Waals surface area contributed by atoms with Crippen molar-refractivity contribution in [3.63, 3.8) is 0 Å². The second-order valence-electron chi connectivity index (χ2n) is 5.48. The monoisotopic (exact) mass is 249 g/mol. The van der Waals surface area contributed by atoms with E-state index in [0.717, 1.165) is 30.8 Å². The van der Waals surface area contributed by atoms with Crippen LogP contribution >= 0.6 is 0 Å². The van der Waals surface area contributed by atoms with E-state index in [9.17, 15) is 0 Å². The molecule has 1 aromatic carbocycles. The van der Waals surface area contributed by atoms with Crippen LogP contribution in [0, 0.1) is 0 Å². The van der Waals surface area contributed by atoms with Gasteiger partial charge < -0.3 is 15.2 Å². The smallest absolute Gasteiger partial charge is 0.120 e. The molecule has 2 N–H and O–H groups in total. The number of rotatable bonds is 4. The van der Waals surface area contributed by atoms with Gasteiger partial charge in [-0.25, -0.2) is 0 Å². The number of hydrogen-bond acceptors (Lipinski definition) is 3. The van der Waals surface area contributed by atoms with Crippen molar-refractivity contribution in [3.8, 4) is 5.75 Å². The summed E-state index contributed by atoms with van der Waals surface area (Å²) < 4.78 is 11.5. The van der Waals surface area contributed by atoms with Crippen LogP contribution in [-0.2, 0) is 4.74 Å². The second-order valence-corrected chi connectivity index (χ2v) is 5.48. The Morgan fingerprint density at radius 3 is 2.78 bits per heavy atom. The van der Waals surface area contributed by atoms with Gasteiger partial charge >= 0.3 is 0 Å². The standard InChI is InChI=1S/C15H23NO2/c1-11(2)18-13-7-4-6-12(10-13)14(16)15(3)8-5-9-17-15/h4,6-7,10-11,14H,5,8-9,16H2,1-3H3. The number of ether oxygens (including phenoxy) is 2. The van der Waals surface area contributed by atoms with Crippen molar-refractivity contribution in [2.45, 2.75) is 51.4 Å². The van der Waals surface area contributed by atoms with Gasteiger partial charge in [-0.3, -0.25) is 0 Å². The molecule has 1 fully saturated rings. The first-order chi connectivity index (χ1) is 8.51. The Labute approximate surface area is 109 Å². The molecule has 2 atom stereocenters. The summed E-state index contributed by atoms with van der Waals surface area (Å²) in [6.45, 7) is 6.95. The van der Waals surface area contributed by atoms with Crippen molar-refractivity contribution in [3.05, 3.63) is 29.8 Å². The third kappa shape index (κ3) is 2.85. The number of nitrogens with two attached hydrogens (primary N) is 1. The van der Waals surface area contributed by atoms with Crippen molar-refractivity contribution in [1.82, 2.24) is 0 Å². The predicted octanol–water partition coefficient (Wildman–Crippen LogP) is 3.04. The molecule has 1 aliphatic rings. The molecule has 18 heavy (non-hydrogen) atoms. The first kappa shape index (κ1) is 13.4. The molecule has 3 heteroatoms. The van der Waals surface area contributed by atoms with Crippen LogP contribution in [0.5, 0.6) is 5.75 Å². The Bertz CT molecular complexity index is 397. The Balaban J connectivity index is 2.17. The fourth-order valence-electron chi connectivity index (χ4n) is 2.45. The fraction of sp³-hybridized carbons (Fsp3) is 0.600. The average molecular weight is 249 g/mol. The van der Waals surface area contributed by atoms with Gasteiger partial charge in [-0.15, -0.1) is 0 Å². The molecule has 0 aromatic heterocycles. The van der Waals surface area contributed by atoms with Crippen LogP contribution in [0.2, 0.25) is 0 Å². The Morgan fingerprint density at radius 2 is 2.17 bits per heavy atom. The third-order valence-electron chi connectivity index (χ3n) is 3.50. The van der Waals surface area contributed by atoms with Gasteiger partial charge in [-0.2, -0.15) is 0 Å². The maximum Gasteiger partial charge on any atom is 0.120 e. The van der Waals surface area contributed by atoms with Gasteiger partial charge in [-0.1, -0.05) is 12.1 Å². The molecule has 2 rings (SSSR count). The van der Waals surface area contributed by atoms with Crippen LogP contribution in [-0.4, -0.2) is 18.3 Å². The summed E-state index contributed by atoms with van der Waals surface area (Å²) in [6, 6.07) is 7.93. The van der Waals surface area contributed by atoms with Gasteiger partial charge in [0.25, 0.3) is 0 Å². The zero-order valence-electron chi connectivity index (χ0n) is 11.5. The van der Waals surface area contributed by atoms with E-state index in [1.165, 1.54) is 0 Å². The highest BCUT2D eigenvalue weighted by molar-refractivity contribution is 5.32. The van der Waals surface area contributed by atoms with E-state index in [4.69, 9.17) is 15.2 Å². The van der Waals surface area contributed by atoms with E-state index in [1.807, 2.05) is 38.1 Å². The summed E-state index contributed by atoms with van der Waals surface area (Å²) in [5.74, 6) is 0.875. The Morgan fingerprint density at radius 1 is 1.39 bits per heavy atom. The minimum Gasteiger partial charge on any atom is -0.491 e. The van der Waals surface area contributed by atoms with Crippen LogP contribution < -0.4 is 10.5 Å². The first-order valence-electron chi connectivity index (χ1n) is 6.67. The first-order valence-corrected chi connectivity index (χ1v) is 6.67. The van der Waals surface area contributed by atoms with E-state index in [0.29, 0.717) is 0 Å². The molecule has 2 unspecified atom stereocenters.